The number of nitrogens with two attached hydrogens (primary N) is 1. The molecular formula is C16H25N. The van der Waals surface area contributed by atoms with Gasteiger partial charge in [-0.25, -0.2) is 0 Å². The van der Waals surface area contributed by atoms with Crippen LogP contribution >= 0.6 is 0 Å². The number of hydrogen-bond donors (Lipinski definition) is 1. The van der Waals surface area contributed by atoms with E-state index in [0.29, 0.717) is 5.41 Å². The van der Waals surface area contributed by atoms with Gasteiger partial charge in [-0.15, -0.1) is 0 Å². The van der Waals surface area contributed by atoms with Crippen molar-refractivity contribution in [3.05, 3.63) is 35.4 Å². The standard InChI is InChI=1S/C16H25N/c1-13-5-7-14(8-6-13)16(17)10-4-9-15(2,3)11-12-16/h5-8H,4,9-12,17H2,1-3H3. The Morgan fingerprint density at radius 3 is 2.24 bits per heavy atom. The summed E-state index contributed by atoms with van der Waals surface area (Å²) < 4.78 is 0. The molecule has 0 spiro atoms. The topological polar surface area (TPSA) is 26.0 Å². The quantitative estimate of drug-likeness (QED) is 0.722. The smallest absolute Gasteiger partial charge is 0.0409 e. The van der Waals surface area contributed by atoms with Gasteiger partial charge in [-0.05, 0) is 43.6 Å². The Morgan fingerprint density at radius 2 is 1.59 bits per heavy atom. The summed E-state index contributed by atoms with van der Waals surface area (Å²) >= 11 is 0. The fourth-order valence-corrected chi connectivity index (χ4v) is 2.87. The van der Waals surface area contributed by atoms with Gasteiger partial charge in [0.15, 0.2) is 0 Å². The van der Waals surface area contributed by atoms with Crippen LogP contribution in [-0.4, -0.2) is 0 Å². The van der Waals surface area contributed by atoms with Crippen molar-refractivity contribution in [1.82, 2.24) is 0 Å². The van der Waals surface area contributed by atoms with E-state index in [-0.39, 0.29) is 5.54 Å². The second-order valence-electron chi connectivity index (χ2n) is 6.54. The van der Waals surface area contributed by atoms with Crippen molar-refractivity contribution in [2.45, 2.75) is 58.4 Å². The van der Waals surface area contributed by atoms with Gasteiger partial charge in [0.05, 0.1) is 0 Å². The van der Waals surface area contributed by atoms with Crippen LogP contribution in [0.25, 0.3) is 0 Å². The zero-order valence-corrected chi connectivity index (χ0v) is 11.4. The molecule has 1 saturated carbocycles. The zero-order valence-electron chi connectivity index (χ0n) is 11.4. The lowest BCUT2D eigenvalue weighted by Gasteiger charge is -2.30. The third-order valence-electron chi connectivity index (χ3n) is 4.35. The van der Waals surface area contributed by atoms with Crippen molar-refractivity contribution in [3.63, 3.8) is 0 Å². The SMILES string of the molecule is Cc1ccc(C2(N)CCCC(C)(C)CC2)cc1. The Hall–Kier alpha value is -0.820. The first-order valence-electron chi connectivity index (χ1n) is 6.77. The summed E-state index contributed by atoms with van der Waals surface area (Å²) in [6.07, 6.45) is 6.02. The van der Waals surface area contributed by atoms with E-state index < -0.39 is 0 Å². The average molecular weight is 231 g/mol. The summed E-state index contributed by atoms with van der Waals surface area (Å²) in [6, 6.07) is 8.79. The number of hydrogen-bond acceptors (Lipinski definition) is 1. The van der Waals surface area contributed by atoms with E-state index in [1.54, 1.807) is 0 Å². The molecule has 1 heteroatoms. The fourth-order valence-electron chi connectivity index (χ4n) is 2.87. The molecule has 1 aromatic carbocycles. The maximum Gasteiger partial charge on any atom is 0.0409 e. The maximum absolute atomic E-state index is 6.65. The molecule has 0 aromatic heterocycles. The molecule has 1 atom stereocenters. The van der Waals surface area contributed by atoms with Crippen molar-refractivity contribution in [1.29, 1.82) is 0 Å². The lowest BCUT2D eigenvalue weighted by molar-refractivity contribution is 0.299. The Morgan fingerprint density at radius 1 is 0.941 bits per heavy atom. The van der Waals surface area contributed by atoms with E-state index in [0.717, 1.165) is 12.8 Å². The van der Waals surface area contributed by atoms with E-state index in [1.165, 1.54) is 30.4 Å². The van der Waals surface area contributed by atoms with Gasteiger partial charge in [-0.1, -0.05) is 50.1 Å². The molecule has 1 fully saturated rings. The van der Waals surface area contributed by atoms with Crippen molar-refractivity contribution in [2.75, 3.05) is 0 Å². The third-order valence-corrected chi connectivity index (χ3v) is 4.35. The molecule has 1 unspecified atom stereocenters. The average Bonchev–Trinajstić information content (AvgIpc) is 2.40. The second-order valence-corrected chi connectivity index (χ2v) is 6.54. The molecule has 1 aliphatic rings. The van der Waals surface area contributed by atoms with Crippen molar-refractivity contribution >= 4 is 0 Å². The molecule has 94 valence electrons. The third kappa shape index (κ3) is 2.90. The van der Waals surface area contributed by atoms with Crippen LogP contribution in [0, 0.1) is 12.3 Å². The Labute approximate surface area is 105 Å². The van der Waals surface area contributed by atoms with Crippen LogP contribution < -0.4 is 5.73 Å². The molecule has 17 heavy (non-hydrogen) atoms. The van der Waals surface area contributed by atoms with Crippen LogP contribution in [0.3, 0.4) is 0 Å². The first-order chi connectivity index (χ1) is 7.91. The molecule has 1 aliphatic carbocycles. The molecule has 0 amide bonds. The molecule has 1 nitrogen and oxygen atoms in total. The van der Waals surface area contributed by atoms with E-state index in [1.807, 2.05) is 0 Å². The van der Waals surface area contributed by atoms with Crippen LogP contribution in [0.1, 0.15) is 57.1 Å². The number of aryl methyl sites for hydroxylation is 1. The van der Waals surface area contributed by atoms with Gasteiger partial charge in [0, 0.05) is 5.54 Å². The highest BCUT2D eigenvalue weighted by atomic mass is 14.7. The maximum atomic E-state index is 6.65. The fraction of sp³-hybridized carbons (Fsp3) is 0.625. The molecular weight excluding hydrogens is 206 g/mol. The lowest BCUT2D eigenvalue weighted by Crippen LogP contribution is -2.36. The van der Waals surface area contributed by atoms with Crippen LogP contribution in [0.4, 0.5) is 0 Å². The van der Waals surface area contributed by atoms with Gasteiger partial charge in [0.1, 0.15) is 0 Å². The van der Waals surface area contributed by atoms with E-state index in [9.17, 15) is 0 Å². The van der Waals surface area contributed by atoms with Gasteiger partial charge in [0.25, 0.3) is 0 Å². The summed E-state index contributed by atoms with van der Waals surface area (Å²) in [4.78, 5) is 0. The largest absolute Gasteiger partial charge is 0.321 e. The summed E-state index contributed by atoms with van der Waals surface area (Å²) in [6.45, 7) is 6.87. The van der Waals surface area contributed by atoms with E-state index >= 15 is 0 Å². The minimum absolute atomic E-state index is 0.0958. The normalized spacial score (nSPS) is 28.7. The highest BCUT2D eigenvalue weighted by Crippen LogP contribution is 2.41. The van der Waals surface area contributed by atoms with Crippen LogP contribution in [0.5, 0.6) is 0 Å². The van der Waals surface area contributed by atoms with Crippen LogP contribution in [-0.2, 0) is 5.54 Å². The van der Waals surface area contributed by atoms with Gasteiger partial charge < -0.3 is 5.73 Å². The summed E-state index contributed by atoms with van der Waals surface area (Å²) in [5.41, 5.74) is 9.65. The highest BCUT2D eigenvalue weighted by Gasteiger charge is 2.33. The number of rotatable bonds is 1. The summed E-state index contributed by atoms with van der Waals surface area (Å²) in [5.74, 6) is 0. The van der Waals surface area contributed by atoms with Crippen LogP contribution in [0.2, 0.25) is 0 Å². The van der Waals surface area contributed by atoms with Gasteiger partial charge in [-0.3, -0.25) is 0 Å². The number of benzene rings is 1. The minimum Gasteiger partial charge on any atom is -0.321 e. The summed E-state index contributed by atoms with van der Waals surface area (Å²) in [7, 11) is 0. The Balaban J connectivity index is 2.21. The predicted molar refractivity (Wildman–Crippen MR) is 73.9 cm³/mol. The molecule has 0 heterocycles. The van der Waals surface area contributed by atoms with E-state index in [2.05, 4.69) is 45.0 Å². The van der Waals surface area contributed by atoms with Crippen LogP contribution in [0.15, 0.2) is 24.3 Å². The molecule has 0 radical (unpaired) electrons. The van der Waals surface area contributed by atoms with Gasteiger partial charge in [0.2, 0.25) is 0 Å². The second kappa shape index (κ2) is 4.45. The lowest BCUT2D eigenvalue weighted by atomic mass is 9.81. The molecule has 2 N–H and O–H groups in total. The Kier molecular flexibility index (Phi) is 3.31. The van der Waals surface area contributed by atoms with Gasteiger partial charge >= 0.3 is 0 Å². The predicted octanol–water partition coefficient (Wildman–Crippen LogP) is 4.14. The highest BCUT2D eigenvalue weighted by molar-refractivity contribution is 5.28. The van der Waals surface area contributed by atoms with Crippen molar-refractivity contribution in [3.8, 4) is 0 Å². The first kappa shape index (κ1) is 12.6. The van der Waals surface area contributed by atoms with E-state index in [4.69, 9.17) is 5.73 Å². The molecule has 1 aromatic rings. The molecule has 0 bridgehead atoms. The first-order valence-corrected chi connectivity index (χ1v) is 6.77. The molecule has 0 aliphatic heterocycles. The monoisotopic (exact) mass is 231 g/mol. The van der Waals surface area contributed by atoms with Crippen molar-refractivity contribution < 1.29 is 0 Å². The summed E-state index contributed by atoms with van der Waals surface area (Å²) in [5, 5.41) is 0. The Bertz CT molecular complexity index is 377. The minimum atomic E-state index is -0.0958. The van der Waals surface area contributed by atoms with Gasteiger partial charge in [-0.2, -0.15) is 0 Å². The molecule has 0 saturated heterocycles. The zero-order chi connectivity index (χ0) is 12.5. The van der Waals surface area contributed by atoms with Crippen molar-refractivity contribution in [2.24, 2.45) is 11.1 Å². The molecule has 2 rings (SSSR count).